The van der Waals surface area contributed by atoms with Crippen molar-refractivity contribution < 1.29 is 13.2 Å². The molecule has 2 rings (SSSR count). The van der Waals surface area contributed by atoms with Crippen LogP contribution in [0, 0.1) is 5.92 Å². The first-order chi connectivity index (χ1) is 9.55. The van der Waals surface area contributed by atoms with Gasteiger partial charge in [-0.1, -0.05) is 18.2 Å². The summed E-state index contributed by atoms with van der Waals surface area (Å²) in [6.45, 7) is 2.12. The van der Waals surface area contributed by atoms with Crippen molar-refractivity contribution in [1.29, 1.82) is 0 Å². The molecule has 0 bridgehead atoms. The van der Waals surface area contributed by atoms with Gasteiger partial charge < -0.3 is 10.5 Å². The van der Waals surface area contributed by atoms with Crippen molar-refractivity contribution in [2.45, 2.75) is 24.3 Å². The lowest BCUT2D eigenvalue weighted by Gasteiger charge is -2.27. The summed E-state index contributed by atoms with van der Waals surface area (Å²) in [6.07, 6.45) is 2.01. The van der Waals surface area contributed by atoms with Crippen molar-refractivity contribution in [2.75, 3.05) is 26.8 Å². The fraction of sp³-hybridized carbons (Fsp3) is 0.571. The van der Waals surface area contributed by atoms with E-state index in [2.05, 4.69) is 0 Å². The highest BCUT2D eigenvalue weighted by Gasteiger charge is 2.26. The Morgan fingerprint density at radius 2 is 2.15 bits per heavy atom. The molecule has 0 radical (unpaired) electrons. The van der Waals surface area contributed by atoms with Crippen LogP contribution >= 0.6 is 0 Å². The molecule has 1 fully saturated rings. The first kappa shape index (κ1) is 15.4. The fourth-order valence-electron chi connectivity index (χ4n) is 2.51. The van der Waals surface area contributed by atoms with Gasteiger partial charge >= 0.3 is 0 Å². The molecule has 0 amide bonds. The zero-order chi connectivity index (χ0) is 14.6. The highest BCUT2D eigenvalue weighted by atomic mass is 32.2. The molecule has 0 saturated carbocycles. The summed E-state index contributed by atoms with van der Waals surface area (Å²) >= 11 is 0. The normalized spacial score (nSPS) is 20.2. The minimum Gasteiger partial charge on any atom is -0.381 e. The predicted molar refractivity (Wildman–Crippen MR) is 77.7 cm³/mol. The van der Waals surface area contributed by atoms with Gasteiger partial charge in [0.15, 0.2) is 0 Å². The molecule has 0 spiro atoms. The molecule has 112 valence electrons. The smallest absolute Gasteiger partial charge is 0.243 e. The molecule has 1 aliphatic heterocycles. The van der Waals surface area contributed by atoms with Crippen LogP contribution in [0.3, 0.4) is 0 Å². The Balaban J connectivity index is 2.16. The average molecular weight is 298 g/mol. The van der Waals surface area contributed by atoms with Gasteiger partial charge in [-0.25, -0.2) is 12.7 Å². The summed E-state index contributed by atoms with van der Waals surface area (Å²) in [5.41, 5.74) is 6.28. The van der Waals surface area contributed by atoms with Gasteiger partial charge in [0.1, 0.15) is 0 Å². The summed E-state index contributed by atoms with van der Waals surface area (Å²) in [7, 11) is -1.86. The molecule has 0 aliphatic carbocycles. The fourth-order valence-corrected chi connectivity index (χ4v) is 3.98. The third kappa shape index (κ3) is 3.38. The predicted octanol–water partition coefficient (Wildman–Crippen LogP) is 1.19. The molecular formula is C14H22N2O3S. The second kappa shape index (κ2) is 6.67. The van der Waals surface area contributed by atoms with E-state index in [9.17, 15) is 8.42 Å². The van der Waals surface area contributed by atoms with Crippen LogP contribution in [-0.4, -0.2) is 39.5 Å². The molecule has 20 heavy (non-hydrogen) atoms. The number of benzene rings is 1. The van der Waals surface area contributed by atoms with Gasteiger partial charge in [0.25, 0.3) is 0 Å². The van der Waals surface area contributed by atoms with Crippen molar-refractivity contribution in [3.63, 3.8) is 0 Å². The maximum absolute atomic E-state index is 12.6. The molecule has 5 nitrogen and oxygen atoms in total. The Kier molecular flexibility index (Phi) is 5.15. The molecule has 1 aliphatic rings. The molecule has 0 aromatic heterocycles. The Hall–Kier alpha value is -0.950. The summed E-state index contributed by atoms with van der Waals surface area (Å²) in [5, 5.41) is 0. The first-order valence-electron chi connectivity index (χ1n) is 6.87. The number of sulfonamides is 1. The second-order valence-electron chi connectivity index (χ2n) is 5.18. The van der Waals surface area contributed by atoms with Crippen molar-refractivity contribution >= 4 is 10.0 Å². The largest absolute Gasteiger partial charge is 0.381 e. The summed E-state index contributed by atoms with van der Waals surface area (Å²) in [5.74, 6) is 0.272. The van der Waals surface area contributed by atoms with Gasteiger partial charge in [-0.3, -0.25) is 0 Å². The third-order valence-corrected chi connectivity index (χ3v) is 5.57. The highest BCUT2D eigenvalue weighted by Crippen LogP contribution is 2.22. The van der Waals surface area contributed by atoms with Crippen molar-refractivity contribution in [1.82, 2.24) is 4.31 Å². The number of hydrogen-bond donors (Lipinski definition) is 1. The van der Waals surface area contributed by atoms with Gasteiger partial charge in [-0.2, -0.15) is 0 Å². The van der Waals surface area contributed by atoms with Crippen molar-refractivity contribution in [3.05, 3.63) is 29.8 Å². The zero-order valence-electron chi connectivity index (χ0n) is 11.8. The maximum atomic E-state index is 12.6. The minimum atomic E-state index is -3.48. The third-order valence-electron chi connectivity index (χ3n) is 3.65. The Bertz CT molecular complexity index is 539. The molecule has 6 heteroatoms. The lowest BCUT2D eigenvalue weighted by Crippen LogP contribution is -2.35. The number of nitrogens with zero attached hydrogens (tertiary/aromatic N) is 1. The highest BCUT2D eigenvalue weighted by molar-refractivity contribution is 7.89. The Morgan fingerprint density at radius 3 is 2.80 bits per heavy atom. The molecule has 1 saturated heterocycles. The van der Waals surface area contributed by atoms with Gasteiger partial charge in [0.2, 0.25) is 10.0 Å². The van der Waals surface area contributed by atoms with E-state index in [1.54, 1.807) is 31.3 Å². The van der Waals surface area contributed by atoms with Crippen LogP contribution in [-0.2, 0) is 21.3 Å². The van der Waals surface area contributed by atoms with Crippen LogP contribution in [0.1, 0.15) is 18.4 Å². The molecule has 1 atom stereocenters. The lowest BCUT2D eigenvalue weighted by atomic mass is 10.0. The van der Waals surface area contributed by atoms with E-state index in [0.717, 1.165) is 19.4 Å². The van der Waals surface area contributed by atoms with Crippen LogP contribution in [0.5, 0.6) is 0 Å². The molecule has 1 aromatic carbocycles. The Morgan fingerprint density at radius 1 is 1.40 bits per heavy atom. The summed E-state index contributed by atoms with van der Waals surface area (Å²) < 4.78 is 32.1. The van der Waals surface area contributed by atoms with E-state index < -0.39 is 10.0 Å². The van der Waals surface area contributed by atoms with Gasteiger partial charge in [-0.15, -0.1) is 0 Å². The van der Waals surface area contributed by atoms with Crippen LogP contribution in [0.25, 0.3) is 0 Å². The lowest BCUT2D eigenvalue weighted by molar-refractivity contribution is 0.0495. The van der Waals surface area contributed by atoms with Crippen molar-refractivity contribution in [2.24, 2.45) is 11.7 Å². The summed E-state index contributed by atoms with van der Waals surface area (Å²) in [4.78, 5) is 0.307. The molecule has 1 unspecified atom stereocenters. The number of ether oxygens (including phenoxy) is 1. The van der Waals surface area contributed by atoms with Gasteiger partial charge in [0, 0.05) is 26.7 Å². The van der Waals surface area contributed by atoms with Crippen LogP contribution < -0.4 is 5.73 Å². The standard InChI is InChI=1S/C14H22N2O3S/c1-16(10-12-5-4-8-19-11-12)20(17,18)14-7-3-2-6-13(14)9-15/h2-3,6-7,12H,4-5,8-11,15H2,1H3. The van der Waals surface area contributed by atoms with E-state index >= 15 is 0 Å². The SMILES string of the molecule is CN(CC1CCCOC1)S(=O)(=O)c1ccccc1CN. The van der Waals surface area contributed by atoms with E-state index in [1.807, 2.05) is 0 Å². The quantitative estimate of drug-likeness (QED) is 0.886. The summed E-state index contributed by atoms with van der Waals surface area (Å²) in [6, 6.07) is 6.90. The van der Waals surface area contributed by atoms with E-state index in [1.165, 1.54) is 4.31 Å². The van der Waals surface area contributed by atoms with E-state index in [4.69, 9.17) is 10.5 Å². The van der Waals surface area contributed by atoms with Gasteiger partial charge in [0.05, 0.1) is 11.5 Å². The van der Waals surface area contributed by atoms with Crippen molar-refractivity contribution in [3.8, 4) is 0 Å². The molecule has 2 N–H and O–H groups in total. The number of rotatable bonds is 5. The van der Waals surface area contributed by atoms with Crippen LogP contribution in [0.15, 0.2) is 29.2 Å². The molecule has 1 aromatic rings. The van der Waals surface area contributed by atoms with Crippen LogP contribution in [0.4, 0.5) is 0 Å². The van der Waals surface area contributed by atoms with E-state index in [0.29, 0.717) is 23.6 Å². The molecule has 1 heterocycles. The number of hydrogen-bond acceptors (Lipinski definition) is 4. The number of nitrogens with two attached hydrogens (primary N) is 1. The van der Waals surface area contributed by atoms with E-state index in [-0.39, 0.29) is 12.5 Å². The monoisotopic (exact) mass is 298 g/mol. The topological polar surface area (TPSA) is 72.6 Å². The second-order valence-corrected chi connectivity index (χ2v) is 7.19. The Labute approximate surface area is 120 Å². The van der Waals surface area contributed by atoms with Gasteiger partial charge in [-0.05, 0) is 30.4 Å². The maximum Gasteiger partial charge on any atom is 0.243 e. The zero-order valence-corrected chi connectivity index (χ0v) is 12.6. The molecular weight excluding hydrogens is 276 g/mol. The average Bonchev–Trinajstić information content (AvgIpc) is 2.48. The minimum absolute atomic E-state index is 0.218. The first-order valence-corrected chi connectivity index (χ1v) is 8.31. The van der Waals surface area contributed by atoms with Crippen LogP contribution in [0.2, 0.25) is 0 Å².